The Hall–Kier alpha value is -3.15. The molecule has 0 unspecified atom stereocenters. The lowest BCUT2D eigenvalue weighted by molar-refractivity contribution is -0.123. The molecule has 0 aliphatic carbocycles. The van der Waals surface area contributed by atoms with Gasteiger partial charge in [-0.3, -0.25) is 20.2 Å². The summed E-state index contributed by atoms with van der Waals surface area (Å²) in [6.45, 7) is 6.10. The molecule has 1 fully saturated rings. The van der Waals surface area contributed by atoms with Gasteiger partial charge < -0.3 is 4.57 Å². The average Bonchev–Trinajstić information content (AvgIpc) is 2.90. The number of aromatic nitrogens is 1. The van der Waals surface area contributed by atoms with Gasteiger partial charge in [0.2, 0.25) is 0 Å². The molecule has 2 N–H and O–H groups in total. The van der Waals surface area contributed by atoms with Gasteiger partial charge in [0.15, 0.2) is 0 Å². The lowest BCUT2D eigenvalue weighted by Gasteiger charge is -2.14. The van der Waals surface area contributed by atoms with Crippen molar-refractivity contribution < 1.29 is 14.4 Å². The molecule has 6 heteroatoms. The van der Waals surface area contributed by atoms with Crippen molar-refractivity contribution >= 4 is 23.9 Å². The summed E-state index contributed by atoms with van der Waals surface area (Å²) >= 11 is 0. The minimum atomic E-state index is -0.796. The third-order valence-electron chi connectivity index (χ3n) is 4.73. The van der Waals surface area contributed by atoms with Gasteiger partial charge in [-0.2, -0.15) is 0 Å². The number of hydrogen-bond acceptors (Lipinski definition) is 3. The van der Waals surface area contributed by atoms with E-state index < -0.39 is 17.8 Å². The van der Waals surface area contributed by atoms with E-state index in [2.05, 4.69) is 46.4 Å². The number of benzene rings is 1. The molecule has 0 saturated carbocycles. The summed E-state index contributed by atoms with van der Waals surface area (Å²) in [5.74, 6) is -1.37. The number of barbiturate groups is 1. The van der Waals surface area contributed by atoms with E-state index in [1.54, 1.807) is 0 Å². The van der Waals surface area contributed by atoms with E-state index in [0.717, 1.165) is 29.1 Å². The van der Waals surface area contributed by atoms with E-state index in [4.69, 9.17) is 0 Å². The van der Waals surface area contributed by atoms with Gasteiger partial charge in [-0.15, -0.1) is 0 Å². The molecule has 1 aromatic carbocycles. The quantitative estimate of drug-likeness (QED) is 0.631. The number of hydrogen-bond donors (Lipinski definition) is 2. The standard InChI is InChI=1S/C21H23N3O3/c1-4-5-6-15-7-9-17(10-8-15)24-13(2)11-16(14(24)3)12-18-19(25)22-21(27)23-20(18)26/h7-12H,4-6H2,1-3H3,(H2,22,23,25,26,27). The number of aryl methyl sites for hydroxylation is 2. The Morgan fingerprint density at radius 1 is 1.00 bits per heavy atom. The summed E-state index contributed by atoms with van der Waals surface area (Å²) in [4.78, 5) is 35.1. The predicted octanol–water partition coefficient (Wildman–Crippen LogP) is 3.19. The van der Waals surface area contributed by atoms with E-state index in [9.17, 15) is 14.4 Å². The Kier molecular flexibility index (Phi) is 5.26. The second-order valence-corrected chi connectivity index (χ2v) is 6.73. The molecule has 0 spiro atoms. The van der Waals surface area contributed by atoms with Gasteiger partial charge in [-0.25, -0.2) is 4.79 Å². The van der Waals surface area contributed by atoms with Crippen LogP contribution in [-0.2, 0) is 16.0 Å². The molecule has 6 nitrogen and oxygen atoms in total. The summed E-state index contributed by atoms with van der Waals surface area (Å²) in [7, 11) is 0. The first-order chi connectivity index (χ1) is 12.9. The largest absolute Gasteiger partial charge is 0.328 e. The maximum Gasteiger partial charge on any atom is 0.328 e. The van der Waals surface area contributed by atoms with Crippen LogP contribution in [0, 0.1) is 13.8 Å². The van der Waals surface area contributed by atoms with E-state index in [1.807, 2.05) is 19.9 Å². The number of carbonyl (C=O) groups is 3. The Balaban J connectivity index is 1.93. The summed E-state index contributed by atoms with van der Waals surface area (Å²) in [6, 6.07) is 9.56. The van der Waals surface area contributed by atoms with Crippen molar-refractivity contribution in [2.75, 3.05) is 0 Å². The second kappa shape index (κ2) is 7.61. The minimum absolute atomic E-state index is 0.0789. The van der Waals surface area contributed by atoms with Crippen molar-refractivity contribution in [3.05, 3.63) is 58.4 Å². The van der Waals surface area contributed by atoms with Crippen molar-refractivity contribution in [3.8, 4) is 5.69 Å². The molecule has 2 heterocycles. The number of nitrogens with one attached hydrogen (secondary N) is 2. The smallest absolute Gasteiger partial charge is 0.318 e. The van der Waals surface area contributed by atoms with Gasteiger partial charge in [-0.05, 0) is 62.1 Å². The second-order valence-electron chi connectivity index (χ2n) is 6.73. The molecule has 3 rings (SSSR count). The van der Waals surface area contributed by atoms with Crippen molar-refractivity contribution in [1.29, 1.82) is 0 Å². The zero-order valence-electron chi connectivity index (χ0n) is 15.8. The van der Waals surface area contributed by atoms with Gasteiger partial charge in [-0.1, -0.05) is 25.5 Å². The summed E-state index contributed by atoms with van der Waals surface area (Å²) in [5.41, 5.74) is 4.93. The van der Waals surface area contributed by atoms with Gasteiger partial charge in [0.05, 0.1) is 0 Å². The van der Waals surface area contributed by atoms with E-state index >= 15 is 0 Å². The molecular formula is C21H23N3O3. The number of nitrogens with zero attached hydrogens (tertiary/aromatic N) is 1. The zero-order valence-corrected chi connectivity index (χ0v) is 15.8. The van der Waals surface area contributed by atoms with Crippen LogP contribution < -0.4 is 10.6 Å². The normalized spacial score (nSPS) is 14.2. The van der Waals surface area contributed by atoms with Gasteiger partial charge in [0.1, 0.15) is 5.57 Å². The highest BCUT2D eigenvalue weighted by Gasteiger charge is 2.28. The van der Waals surface area contributed by atoms with Crippen LogP contribution in [0.3, 0.4) is 0 Å². The van der Waals surface area contributed by atoms with E-state index in [-0.39, 0.29) is 5.57 Å². The fourth-order valence-electron chi connectivity index (χ4n) is 3.29. The van der Waals surface area contributed by atoms with Crippen LogP contribution in [-0.4, -0.2) is 22.4 Å². The van der Waals surface area contributed by atoms with Crippen molar-refractivity contribution in [2.24, 2.45) is 0 Å². The number of carbonyl (C=O) groups excluding carboxylic acids is 3. The zero-order chi connectivity index (χ0) is 19.6. The Morgan fingerprint density at radius 3 is 2.22 bits per heavy atom. The Morgan fingerprint density at radius 2 is 1.63 bits per heavy atom. The molecule has 1 aromatic heterocycles. The number of amides is 4. The molecular weight excluding hydrogens is 342 g/mol. The molecule has 1 aliphatic rings. The van der Waals surface area contributed by atoms with Crippen molar-refractivity contribution in [3.63, 3.8) is 0 Å². The highest BCUT2D eigenvalue weighted by molar-refractivity contribution is 6.31. The predicted molar refractivity (Wildman–Crippen MR) is 104 cm³/mol. The molecule has 0 bridgehead atoms. The SMILES string of the molecule is CCCCc1ccc(-n2c(C)cc(C=C3C(=O)NC(=O)NC3=O)c2C)cc1. The number of unbranched alkanes of at least 4 members (excludes halogenated alkanes) is 1. The molecule has 4 amide bonds. The minimum Gasteiger partial charge on any atom is -0.318 e. The average molecular weight is 365 g/mol. The van der Waals surface area contributed by atoms with Crippen LogP contribution >= 0.6 is 0 Å². The van der Waals surface area contributed by atoms with Gasteiger partial charge >= 0.3 is 6.03 Å². The molecule has 1 saturated heterocycles. The topological polar surface area (TPSA) is 80.2 Å². The van der Waals surface area contributed by atoms with E-state index in [1.165, 1.54) is 24.5 Å². The summed E-state index contributed by atoms with van der Waals surface area (Å²) in [5, 5.41) is 4.18. The lowest BCUT2D eigenvalue weighted by atomic mass is 10.1. The molecule has 2 aromatic rings. The molecule has 140 valence electrons. The molecule has 0 radical (unpaired) electrons. The van der Waals surface area contributed by atoms with E-state index in [0.29, 0.717) is 0 Å². The van der Waals surface area contributed by atoms with Gasteiger partial charge in [0.25, 0.3) is 11.8 Å². The third kappa shape index (κ3) is 3.84. The Bertz CT molecular complexity index is 914. The summed E-state index contributed by atoms with van der Waals surface area (Å²) < 4.78 is 2.08. The monoisotopic (exact) mass is 365 g/mol. The maximum atomic E-state index is 11.9. The van der Waals surface area contributed by atoms with Crippen LogP contribution in [0.1, 0.15) is 42.3 Å². The Labute approximate surface area is 158 Å². The van der Waals surface area contributed by atoms with Crippen LogP contribution in [0.5, 0.6) is 0 Å². The molecule has 1 aliphatic heterocycles. The van der Waals surface area contributed by atoms with Crippen LogP contribution in [0.4, 0.5) is 4.79 Å². The third-order valence-corrected chi connectivity index (χ3v) is 4.73. The van der Waals surface area contributed by atoms with Gasteiger partial charge in [0, 0.05) is 17.1 Å². The fraction of sp³-hybridized carbons (Fsp3) is 0.286. The van der Waals surface area contributed by atoms with Crippen molar-refractivity contribution in [2.45, 2.75) is 40.0 Å². The van der Waals surface area contributed by atoms with Crippen LogP contribution in [0.2, 0.25) is 0 Å². The first-order valence-electron chi connectivity index (χ1n) is 9.07. The highest BCUT2D eigenvalue weighted by atomic mass is 16.2. The van der Waals surface area contributed by atoms with Crippen LogP contribution in [0.25, 0.3) is 11.8 Å². The first-order valence-corrected chi connectivity index (χ1v) is 9.07. The molecule has 0 atom stereocenters. The van der Waals surface area contributed by atoms with Crippen LogP contribution in [0.15, 0.2) is 35.9 Å². The fourth-order valence-corrected chi connectivity index (χ4v) is 3.29. The number of urea groups is 1. The highest BCUT2D eigenvalue weighted by Crippen LogP contribution is 2.24. The van der Waals surface area contributed by atoms with Crippen molar-refractivity contribution in [1.82, 2.24) is 15.2 Å². The maximum absolute atomic E-state index is 11.9. The molecule has 27 heavy (non-hydrogen) atoms. The lowest BCUT2D eigenvalue weighted by Crippen LogP contribution is -2.51. The summed E-state index contributed by atoms with van der Waals surface area (Å²) in [6.07, 6.45) is 4.93. The first kappa shape index (κ1) is 18.6. The number of rotatable bonds is 5. The number of imide groups is 2.